The van der Waals surface area contributed by atoms with Gasteiger partial charge in [0, 0.05) is 23.4 Å². The Morgan fingerprint density at radius 3 is 2.51 bits per heavy atom. The standard InChI is InChI=1S/C28H35N3O4/c1-18(2)26(30-27(32)19(3)29-4)28(33)31-16-23(35-22-10-6-5-7-11-22)15-21(31)14-20-17-34-25-13-9-8-12-24(20)25/h5-13,17-19,21,23,26,29H,14-16H2,1-4H3,(H,30,32)/t19-,21+,23-,26-/m0/s1. The van der Waals surface area contributed by atoms with Crippen molar-refractivity contribution in [3.8, 4) is 5.75 Å². The Kier molecular flexibility index (Phi) is 7.76. The van der Waals surface area contributed by atoms with Crippen LogP contribution in [0.1, 0.15) is 32.8 Å². The molecule has 4 atom stereocenters. The normalized spacial score (nSPS) is 19.6. The predicted octanol–water partition coefficient (Wildman–Crippen LogP) is 3.77. The molecule has 1 fully saturated rings. The minimum atomic E-state index is -0.614. The van der Waals surface area contributed by atoms with Crippen LogP contribution in [0.5, 0.6) is 5.75 Å². The van der Waals surface area contributed by atoms with E-state index in [9.17, 15) is 9.59 Å². The Morgan fingerprint density at radius 2 is 1.80 bits per heavy atom. The molecule has 2 aromatic carbocycles. The molecule has 7 heteroatoms. The van der Waals surface area contributed by atoms with Crippen LogP contribution in [0.2, 0.25) is 0 Å². The summed E-state index contributed by atoms with van der Waals surface area (Å²) in [5, 5.41) is 6.96. The maximum absolute atomic E-state index is 13.8. The van der Waals surface area contributed by atoms with Crippen LogP contribution in [0, 0.1) is 5.92 Å². The average molecular weight is 478 g/mol. The SMILES string of the molecule is CN[C@@H](C)C(=O)N[C@H](C(=O)N1C[C@@H](Oc2ccccc2)C[C@H]1Cc1coc2ccccc12)C(C)C. The molecule has 0 spiro atoms. The van der Waals surface area contributed by atoms with Gasteiger partial charge in [0.25, 0.3) is 0 Å². The van der Waals surface area contributed by atoms with Gasteiger partial charge in [0.2, 0.25) is 11.8 Å². The molecule has 1 aliphatic rings. The number of ether oxygens (including phenoxy) is 1. The third-order valence-corrected chi connectivity index (χ3v) is 6.78. The molecular weight excluding hydrogens is 442 g/mol. The first-order chi connectivity index (χ1) is 16.9. The van der Waals surface area contributed by atoms with Crippen molar-refractivity contribution in [2.75, 3.05) is 13.6 Å². The number of likely N-dealkylation sites (N-methyl/N-ethyl adjacent to an activating group) is 1. The van der Waals surface area contributed by atoms with Gasteiger partial charge >= 0.3 is 0 Å². The topological polar surface area (TPSA) is 83.8 Å². The number of rotatable bonds is 9. The molecule has 3 aromatic rings. The summed E-state index contributed by atoms with van der Waals surface area (Å²) in [4.78, 5) is 28.4. The summed E-state index contributed by atoms with van der Waals surface area (Å²) in [6.45, 7) is 6.16. The molecule has 1 aromatic heterocycles. The van der Waals surface area contributed by atoms with Crippen LogP contribution in [0.3, 0.4) is 0 Å². The lowest BCUT2D eigenvalue weighted by molar-refractivity contribution is -0.139. The van der Waals surface area contributed by atoms with Gasteiger partial charge < -0.3 is 24.7 Å². The fourth-order valence-electron chi connectivity index (χ4n) is 4.66. The lowest BCUT2D eigenvalue weighted by Gasteiger charge is -2.31. The smallest absolute Gasteiger partial charge is 0.245 e. The number of amides is 2. The van der Waals surface area contributed by atoms with Crippen LogP contribution in [0.15, 0.2) is 65.3 Å². The largest absolute Gasteiger partial charge is 0.489 e. The van der Waals surface area contributed by atoms with Crippen molar-refractivity contribution in [2.45, 2.75) is 57.8 Å². The summed E-state index contributed by atoms with van der Waals surface area (Å²) >= 11 is 0. The number of carbonyl (C=O) groups is 2. The van der Waals surface area contributed by atoms with Gasteiger partial charge in [0.05, 0.1) is 18.8 Å². The van der Waals surface area contributed by atoms with Crippen LogP contribution >= 0.6 is 0 Å². The summed E-state index contributed by atoms with van der Waals surface area (Å²) < 4.78 is 12.0. The van der Waals surface area contributed by atoms with Crippen molar-refractivity contribution in [2.24, 2.45) is 5.92 Å². The van der Waals surface area contributed by atoms with Gasteiger partial charge in [-0.3, -0.25) is 9.59 Å². The van der Waals surface area contributed by atoms with E-state index >= 15 is 0 Å². The van der Waals surface area contributed by atoms with E-state index in [1.54, 1.807) is 20.2 Å². The van der Waals surface area contributed by atoms with Gasteiger partial charge in [-0.05, 0) is 44.5 Å². The van der Waals surface area contributed by atoms with E-state index in [0.717, 1.165) is 22.3 Å². The van der Waals surface area contributed by atoms with E-state index in [1.807, 2.05) is 73.3 Å². The molecule has 2 heterocycles. The molecule has 0 radical (unpaired) electrons. The predicted molar refractivity (Wildman–Crippen MR) is 136 cm³/mol. The van der Waals surface area contributed by atoms with Crippen molar-refractivity contribution in [1.29, 1.82) is 0 Å². The van der Waals surface area contributed by atoms with E-state index in [2.05, 4.69) is 10.6 Å². The molecule has 2 amide bonds. The Labute approximate surface area is 206 Å². The number of nitrogens with zero attached hydrogens (tertiary/aromatic N) is 1. The molecule has 186 valence electrons. The maximum atomic E-state index is 13.8. The van der Waals surface area contributed by atoms with Crippen LogP contribution in [0.25, 0.3) is 11.0 Å². The van der Waals surface area contributed by atoms with E-state index in [-0.39, 0.29) is 35.9 Å². The van der Waals surface area contributed by atoms with Crippen LogP contribution < -0.4 is 15.4 Å². The zero-order chi connectivity index (χ0) is 24.9. The number of fused-ring (bicyclic) bond motifs is 1. The van der Waals surface area contributed by atoms with Gasteiger partial charge in [-0.1, -0.05) is 50.2 Å². The lowest BCUT2D eigenvalue weighted by atomic mass is 9.99. The van der Waals surface area contributed by atoms with Crippen molar-refractivity contribution in [3.05, 3.63) is 66.4 Å². The molecule has 35 heavy (non-hydrogen) atoms. The van der Waals surface area contributed by atoms with E-state index in [1.165, 1.54) is 0 Å². The average Bonchev–Trinajstić information content (AvgIpc) is 3.46. The van der Waals surface area contributed by atoms with Crippen molar-refractivity contribution >= 4 is 22.8 Å². The third-order valence-electron chi connectivity index (χ3n) is 6.78. The summed E-state index contributed by atoms with van der Waals surface area (Å²) in [6, 6.07) is 16.6. The maximum Gasteiger partial charge on any atom is 0.245 e. The Morgan fingerprint density at radius 1 is 1.09 bits per heavy atom. The van der Waals surface area contributed by atoms with Crippen molar-refractivity contribution in [1.82, 2.24) is 15.5 Å². The number of nitrogens with one attached hydrogen (secondary N) is 2. The fourth-order valence-corrected chi connectivity index (χ4v) is 4.66. The zero-order valence-corrected chi connectivity index (χ0v) is 20.9. The molecule has 0 bridgehead atoms. The Balaban J connectivity index is 1.58. The van der Waals surface area contributed by atoms with Crippen molar-refractivity contribution < 1.29 is 18.7 Å². The second-order valence-corrected chi connectivity index (χ2v) is 9.63. The number of para-hydroxylation sites is 2. The summed E-state index contributed by atoms with van der Waals surface area (Å²) in [5.41, 5.74) is 1.90. The fraction of sp³-hybridized carbons (Fsp3) is 0.429. The summed E-state index contributed by atoms with van der Waals surface area (Å²) in [7, 11) is 1.73. The highest BCUT2D eigenvalue weighted by Crippen LogP contribution is 2.30. The first-order valence-corrected chi connectivity index (χ1v) is 12.3. The quantitative estimate of drug-likeness (QED) is 0.490. The van der Waals surface area contributed by atoms with Crippen LogP contribution in [-0.2, 0) is 16.0 Å². The molecular formula is C28H35N3O4. The van der Waals surface area contributed by atoms with Crippen LogP contribution in [0.4, 0.5) is 0 Å². The first-order valence-electron chi connectivity index (χ1n) is 12.3. The Hall–Kier alpha value is -3.32. The molecule has 2 N–H and O–H groups in total. The second kappa shape index (κ2) is 11.0. The van der Waals surface area contributed by atoms with Gasteiger partial charge in [0.1, 0.15) is 23.5 Å². The monoisotopic (exact) mass is 477 g/mol. The summed E-state index contributed by atoms with van der Waals surface area (Å²) in [6.07, 6.45) is 3.01. The summed E-state index contributed by atoms with van der Waals surface area (Å²) in [5.74, 6) is 0.470. The molecule has 0 aliphatic carbocycles. The molecule has 7 nitrogen and oxygen atoms in total. The molecule has 1 saturated heterocycles. The molecule has 0 unspecified atom stereocenters. The minimum absolute atomic E-state index is 0.0556. The van der Waals surface area contributed by atoms with Gasteiger partial charge in [-0.2, -0.15) is 0 Å². The third kappa shape index (κ3) is 5.68. The zero-order valence-electron chi connectivity index (χ0n) is 20.9. The number of hydrogen-bond acceptors (Lipinski definition) is 5. The van der Waals surface area contributed by atoms with Gasteiger partial charge in [-0.25, -0.2) is 0 Å². The second-order valence-electron chi connectivity index (χ2n) is 9.63. The highest BCUT2D eigenvalue weighted by molar-refractivity contribution is 5.90. The van der Waals surface area contributed by atoms with E-state index in [4.69, 9.17) is 9.15 Å². The van der Waals surface area contributed by atoms with Gasteiger partial charge in [0.15, 0.2) is 0 Å². The Bertz CT molecular complexity index is 1140. The number of furan rings is 1. The number of carbonyl (C=O) groups excluding carboxylic acids is 2. The van der Waals surface area contributed by atoms with Crippen molar-refractivity contribution in [3.63, 3.8) is 0 Å². The lowest BCUT2D eigenvalue weighted by Crippen LogP contribution is -2.55. The minimum Gasteiger partial charge on any atom is -0.489 e. The number of likely N-dealkylation sites (tertiary alicyclic amines) is 1. The number of hydrogen-bond donors (Lipinski definition) is 2. The molecule has 1 aliphatic heterocycles. The van der Waals surface area contributed by atoms with Crippen LogP contribution in [-0.4, -0.2) is 54.5 Å². The molecule has 0 saturated carbocycles. The number of benzene rings is 2. The van der Waals surface area contributed by atoms with E-state index in [0.29, 0.717) is 19.4 Å². The highest BCUT2D eigenvalue weighted by Gasteiger charge is 2.40. The first kappa shape index (κ1) is 24.8. The molecule has 4 rings (SSSR count). The van der Waals surface area contributed by atoms with E-state index < -0.39 is 6.04 Å². The highest BCUT2D eigenvalue weighted by atomic mass is 16.5. The van der Waals surface area contributed by atoms with Gasteiger partial charge in [-0.15, -0.1) is 0 Å².